The van der Waals surface area contributed by atoms with Crippen LogP contribution in [-0.2, 0) is 0 Å². The lowest BCUT2D eigenvalue weighted by molar-refractivity contribution is -0.0424. The summed E-state index contributed by atoms with van der Waals surface area (Å²) < 4.78 is 0. The highest BCUT2D eigenvalue weighted by Gasteiger charge is 2.56. The number of aliphatic hydroxyl groups is 1. The molecule has 3 rings (SSSR count). The maximum atomic E-state index is 11.2. The summed E-state index contributed by atoms with van der Waals surface area (Å²) in [5.74, 6) is 2.12. The average Bonchev–Trinajstić information content (AvgIpc) is 2.85. The molecule has 3 aliphatic carbocycles. The van der Waals surface area contributed by atoms with Crippen LogP contribution in [0.2, 0.25) is 0 Å². The molecule has 0 saturated heterocycles. The second kappa shape index (κ2) is 10.5. The van der Waals surface area contributed by atoms with Crippen LogP contribution in [0.4, 0.5) is 0 Å². The van der Waals surface area contributed by atoms with Gasteiger partial charge in [-0.1, -0.05) is 71.2 Å². The molecular formula is C29H52N2O2. The molecule has 2 saturated carbocycles. The molecule has 0 aliphatic heterocycles. The van der Waals surface area contributed by atoms with Crippen LogP contribution in [0.5, 0.6) is 0 Å². The Morgan fingerprint density at radius 2 is 1.79 bits per heavy atom. The van der Waals surface area contributed by atoms with Crippen molar-refractivity contribution in [3.63, 3.8) is 0 Å². The summed E-state index contributed by atoms with van der Waals surface area (Å²) in [6, 6.07) is 0.0183. The van der Waals surface area contributed by atoms with Crippen molar-refractivity contribution < 1.29 is 5.11 Å². The molecule has 3 N–H and O–H groups in total. The Labute approximate surface area is 203 Å². The molecule has 0 amide bonds. The Morgan fingerprint density at radius 1 is 1.06 bits per heavy atom. The second-order valence-corrected chi connectivity index (χ2v) is 13.4. The van der Waals surface area contributed by atoms with Gasteiger partial charge >= 0.3 is 0 Å². The molecule has 0 radical (unpaired) electrons. The predicted octanol–water partition coefficient (Wildman–Crippen LogP) is 7.39. The van der Waals surface area contributed by atoms with E-state index >= 15 is 0 Å². The smallest absolute Gasteiger partial charge is 0.0922 e. The molecule has 2 fully saturated rings. The summed E-state index contributed by atoms with van der Waals surface area (Å²) in [6.07, 6.45) is 15.5. The molecular weight excluding hydrogens is 408 g/mol. The first-order valence-corrected chi connectivity index (χ1v) is 13.9. The number of nitroso groups, excluding NO2 is 1. The van der Waals surface area contributed by atoms with E-state index in [0.717, 1.165) is 51.4 Å². The Morgan fingerprint density at radius 3 is 2.45 bits per heavy atom. The third-order valence-electron chi connectivity index (χ3n) is 10.3. The van der Waals surface area contributed by atoms with E-state index in [9.17, 15) is 10.0 Å². The van der Waals surface area contributed by atoms with Crippen LogP contribution in [-0.4, -0.2) is 22.8 Å². The molecule has 7 atom stereocenters. The number of allylic oxidation sites excluding steroid dienone is 1. The Kier molecular flexibility index (Phi) is 8.53. The highest BCUT2D eigenvalue weighted by molar-refractivity contribution is 5.26. The van der Waals surface area contributed by atoms with Crippen LogP contribution >= 0.6 is 0 Å². The number of nitrogens with two attached hydrogens (primary N) is 1. The number of aliphatic hydroxyl groups excluding tert-OH is 1. The van der Waals surface area contributed by atoms with E-state index in [1.165, 1.54) is 25.7 Å². The van der Waals surface area contributed by atoms with Gasteiger partial charge in [0.1, 0.15) is 0 Å². The summed E-state index contributed by atoms with van der Waals surface area (Å²) in [5.41, 5.74) is 9.10. The monoisotopic (exact) mass is 460 g/mol. The molecule has 33 heavy (non-hydrogen) atoms. The van der Waals surface area contributed by atoms with Crippen LogP contribution < -0.4 is 5.73 Å². The number of hydrogen-bond donors (Lipinski definition) is 2. The van der Waals surface area contributed by atoms with Crippen LogP contribution in [0.3, 0.4) is 0 Å². The molecule has 4 nitrogen and oxygen atoms in total. The molecule has 4 heteroatoms. The van der Waals surface area contributed by atoms with Gasteiger partial charge in [-0.05, 0) is 98.7 Å². The molecule has 0 aromatic rings. The van der Waals surface area contributed by atoms with Gasteiger partial charge in [0.15, 0.2) is 0 Å². The van der Waals surface area contributed by atoms with Gasteiger partial charge in [-0.15, -0.1) is 0 Å². The van der Waals surface area contributed by atoms with Gasteiger partial charge in [-0.25, -0.2) is 0 Å². The molecule has 7 unspecified atom stereocenters. The maximum Gasteiger partial charge on any atom is 0.0922 e. The van der Waals surface area contributed by atoms with E-state index in [-0.39, 0.29) is 28.5 Å². The van der Waals surface area contributed by atoms with Gasteiger partial charge in [0.05, 0.1) is 12.1 Å². The fourth-order valence-corrected chi connectivity index (χ4v) is 7.53. The standard InChI is InChI=1S/C29H52N2O2/c1-20(2)25(32)9-7-8-21(3)10-11-23-19-29(30)17-12-22-18-24(31-33)13-16-28(22,6)26(29)14-15-27(23,4)5/h19-22,24-26,32H,7-18,30H2,1-6H3. The Bertz CT molecular complexity index is 702. The SMILES string of the molecule is CC(CCCC(O)C(C)C)CCC1=CC2(N)CCC3CC(N=O)CCC3(C)C2CCC1(C)C. The van der Waals surface area contributed by atoms with E-state index in [2.05, 4.69) is 52.8 Å². The number of nitrogens with zero attached hydrogens (tertiary/aromatic N) is 1. The average molecular weight is 461 g/mol. The van der Waals surface area contributed by atoms with E-state index in [1.54, 1.807) is 5.57 Å². The quantitative estimate of drug-likeness (QED) is 0.278. The van der Waals surface area contributed by atoms with Gasteiger partial charge in [0.2, 0.25) is 0 Å². The van der Waals surface area contributed by atoms with Crippen molar-refractivity contribution in [2.24, 2.45) is 45.4 Å². The molecule has 0 aromatic heterocycles. The molecule has 3 aliphatic rings. The van der Waals surface area contributed by atoms with Crippen molar-refractivity contribution >= 4 is 0 Å². The van der Waals surface area contributed by atoms with Crippen molar-refractivity contribution in [1.29, 1.82) is 0 Å². The lowest BCUT2D eigenvalue weighted by Gasteiger charge is -2.57. The first kappa shape index (κ1) is 26.9. The van der Waals surface area contributed by atoms with E-state index in [4.69, 9.17) is 5.73 Å². The lowest BCUT2D eigenvalue weighted by Crippen LogP contribution is -2.59. The van der Waals surface area contributed by atoms with Gasteiger partial charge in [-0.2, -0.15) is 4.91 Å². The first-order valence-electron chi connectivity index (χ1n) is 13.9. The van der Waals surface area contributed by atoms with Crippen molar-refractivity contribution in [3.05, 3.63) is 16.6 Å². The largest absolute Gasteiger partial charge is 0.393 e. The van der Waals surface area contributed by atoms with Gasteiger partial charge in [0.25, 0.3) is 0 Å². The zero-order valence-corrected chi connectivity index (χ0v) is 22.4. The zero-order valence-electron chi connectivity index (χ0n) is 22.4. The van der Waals surface area contributed by atoms with Crippen LogP contribution in [0.1, 0.15) is 119 Å². The first-order chi connectivity index (χ1) is 15.4. The molecule has 0 spiro atoms. The molecule has 0 aromatic carbocycles. The topological polar surface area (TPSA) is 75.7 Å². The van der Waals surface area contributed by atoms with Crippen LogP contribution in [0, 0.1) is 39.4 Å². The van der Waals surface area contributed by atoms with E-state index < -0.39 is 0 Å². The Balaban J connectivity index is 1.68. The number of hydrogen-bond acceptors (Lipinski definition) is 4. The lowest BCUT2D eigenvalue weighted by atomic mass is 9.49. The highest BCUT2D eigenvalue weighted by atomic mass is 16.3. The molecule has 0 heterocycles. The van der Waals surface area contributed by atoms with Crippen molar-refractivity contribution in [3.8, 4) is 0 Å². The maximum absolute atomic E-state index is 11.2. The van der Waals surface area contributed by atoms with Gasteiger partial charge in [-0.3, -0.25) is 0 Å². The number of rotatable bonds is 9. The van der Waals surface area contributed by atoms with Crippen molar-refractivity contribution in [2.75, 3.05) is 0 Å². The summed E-state index contributed by atoms with van der Waals surface area (Å²) >= 11 is 0. The summed E-state index contributed by atoms with van der Waals surface area (Å²) in [4.78, 5) is 11.2. The molecule has 190 valence electrons. The van der Waals surface area contributed by atoms with Crippen molar-refractivity contribution in [2.45, 2.75) is 136 Å². The van der Waals surface area contributed by atoms with Crippen LogP contribution in [0.15, 0.2) is 16.8 Å². The van der Waals surface area contributed by atoms with Crippen molar-refractivity contribution in [1.82, 2.24) is 0 Å². The van der Waals surface area contributed by atoms with Crippen LogP contribution in [0.25, 0.3) is 0 Å². The Hall–Kier alpha value is -0.740. The minimum atomic E-state index is -0.208. The zero-order chi connectivity index (χ0) is 24.4. The fourth-order valence-electron chi connectivity index (χ4n) is 7.53. The third-order valence-corrected chi connectivity index (χ3v) is 10.3. The normalized spacial score (nSPS) is 38.0. The predicted molar refractivity (Wildman–Crippen MR) is 139 cm³/mol. The molecule has 0 bridgehead atoms. The van der Waals surface area contributed by atoms with E-state index in [0.29, 0.717) is 23.7 Å². The minimum Gasteiger partial charge on any atom is -0.393 e. The summed E-state index contributed by atoms with van der Waals surface area (Å²) in [5, 5.41) is 13.5. The second-order valence-electron chi connectivity index (χ2n) is 13.4. The summed E-state index contributed by atoms with van der Waals surface area (Å²) in [6.45, 7) is 13.9. The van der Waals surface area contributed by atoms with Gasteiger partial charge < -0.3 is 10.8 Å². The number of fused-ring (bicyclic) bond motifs is 3. The highest BCUT2D eigenvalue weighted by Crippen LogP contribution is 2.60. The summed E-state index contributed by atoms with van der Waals surface area (Å²) in [7, 11) is 0. The van der Waals surface area contributed by atoms with E-state index in [1.807, 2.05) is 0 Å². The third kappa shape index (κ3) is 5.92. The van der Waals surface area contributed by atoms with Gasteiger partial charge in [0, 0.05) is 5.54 Å². The fraction of sp³-hybridized carbons (Fsp3) is 0.931. The minimum absolute atomic E-state index is 0.0183.